The predicted molar refractivity (Wildman–Crippen MR) is 68.1 cm³/mol. The van der Waals surface area contributed by atoms with Crippen molar-refractivity contribution in [1.29, 1.82) is 0 Å². The van der Waals surface area contributed by atoms with Crippen molar-refractivity contribution in [3.63, 3.8) is 0 Å². The summed E-state index contributed by atoms with van der Waals surface area (Å²) in [6.45, 7) is 1.99. The van der Waals surface area contributed by atoms with Crippen LogP contribution < -0.4 is 5.73 Å². The molecule has 5 heteroatoms. The fraction of sp³-hybridized carbons (Fsp3) is 0.846. The quantitative estimate of drug-likeness (QED) is 0.835. The summed E-state index contributed by atoms with van der Waals surface area (Å²) < 4.78 is 10.4. The fourth-order valence-corrected chi connectivity index (χ4v) is 2.55. The monoisotopic (exact) mass is 253 g/mol. The maximum Gasteiger partial charge on any atom is 0.228 e. The number of nitrogens with zero attached hydrogens (tertiary/aromatic N) is 2. The van der Waals surface area contributed by atoms with Gasteiger partial charge in [-0.05, 0) is 25.7 Å². The lowest BCUT2D eigenvalue weighted by Gasteiger charge is -2.16. The molecule has 5 nitrogen and oxygen atoms in total. The molecular formula is C13H23N3O2. The molecule has 2 atom stereocenters. The Bertz CT molecular complexity index is 361. The summed E-state index contributed by atoms with van der Waals surface area (Å²) in [5.41, 5.74) is 6.20. The summed E-state index contributed by atoms with van der Waals surface area (Å²) in [6.07, 6.45) is 6.57. The van der Waals surface area contributed by atoms with Crippen molar-refractivity contribution in [1.82, 2.24) is 10.1 Å². The third kappa shape index (κ3) is 3.53. The van der Waals surface area contributed by atoms with E-state index >= 15 is 0 Å². The van der Waals surface area contributed by atoms with Crippen LogP contribution in [0.2, 0.25) is 0 Å². The standard InChI is InChI=1S/C13H23N3O2/c1-9(17-2)7-12-15-13(18-16-12)8-11(14)10-5-3-4-6-10/h9-11H,3-8,14H2,1-2H3. The molecule has 0 bridgehead atoms. The number of nitrogens with two attached hydrogens (primary N) is 1. The van der Waals surface area contributed by atoms with Crippen LogP contribution in [0, 0.1) is 5.92 Å². The first kappa shape index (κ1) is 13.5. The molecule has 0 aliphatic heterocycles. The van der Waals surface area contributed by atoms with Crippen LogP contribution in [0.15, 0.2) is 4.52 Å². The summed E-state index contributed by atoms with van der Waals surface area (Å²) in [6, 6.07) is 0.153. The molecule has 102 valence electrons. The summed E-state index contributed by atoms with van der Waals surface area (Å²) >= 11 is 0. The molecule has 1 aromatic heterocycles. The van der Waals surface area contributed by atoms with Crippen LogP contribution in [-0.4, -0.2) is 29.4 Å². The van der Waals surface area contributed by atoms with Crippen LogP contribution in [0.25, 0.3) is 0 Å². The Labute approximate surface area is 108 Å². The van der Waals surface area contributed by atoms with E-state index in [2.05, 4.69) is 10.1 Å². The molecule has 0 saturated heterocycles. The molecule has 1 heterocycles. The van der Waals surface area contributed by atoms with E-state index in [1.807, 2.05) is 6.92 Å². The Morgan fingerprint density at radius 3 is 2.78 bits per heavy atom. The molecule has 1 aliphatic carbocycles. The van der Waals surface area contributed by atoms with E-state index in [0.29, 0.717) is 30.5 Å². The highest BCUT2D eigenvalue weighted by molar-refractivity contribution is 4.92. The van der Waals surface area contributed by atoms with Gasteiger partial charge < -0.3 is 15.0 Å². The summed E-state index contributed by atoms with van der Waals surface area (Å²) in [5, 5.41) is 3.96. The lowest BCUT2D eigenvalue weighted by Crippen LogP contribution is -2.30. The Morgan fingerprint density at radius 2 is 2.11 bits per heavy atom. The van der Waals surface area contributed by atoms with E-state index in [4.69, 9.17) is 15.0 Å². The van der Waals surface area contributed by atoms with E-state index in [1.54, 1.807) is 7.11 Å². The molecule has 0 radical (unpaired) electrons. The fourth-order valence-electron chi connectivity index (χ4n) is 2.55. The van der Waals surface area contributed by atoms with Gasteiger partial charge in [0.15, 0.2) is 5.82 Å². The lowest BCUT2D eigenvalue weighted by molar-refractivity contribution is 0.116. The van der Waals surface area contributed by atoms with Crippen LogP contribution in [-0.2, 0) is 17.6 Å². The second-order valence-electron chi connectivity index (χ2n) is 5.27. The zero-order chi connectivity index (χ0) is 13.0. The van der Waals surface area contributed by atoms with Crippen molar-refractivity contribution >= 4 is 0 Å². The molecule has 2 N–H and O–H groups in total. The Kier molecular flexibility index (Phi) is 4.72. The van der Waals surface area contributed by atoms with Crippen LogP contribution in [0.3, 0.4) is 0 Å². The highest BCUT2D eigenvalue weighted by atomic mass is 16.5. The van der Waals surface area contributed by atoms with Crippen molar-refractivity contribution in [2.24, 2.45) is 11.7 Å². The van der Waals surface area contributed by atoms with Gasteiger partial charge in [0.05, 0.1) is 6.10 Å². The van der Waals surface area contributed by atoms with Crippen LogP contribution in [0.4, 0.5) is 0 Å². The second kappa shape index (κ2) is 6.29. The molecular weight excluding hydrogens is 230 g/mol. The number of rotatable bonds is 6. The van der Waals surface area contributed by atoms with Crippen molar-refractivity contribution in [2.75, 3.05) is 7.11 Å². The summed E-state index contributed by atoms with van der Waals surface area (Å²) in [7, 11) is 1.68. The maximum absolute atomic E-state index is 6.20. The predicted octanol–water partition coefficient (Wildman–Crippen LogP) is 1.71. The van der Waals surface area contributed by atoms with Crippen molar-refractivity contribution < 1.29 is 9.26 Å². The number of hydrogen-bond donors (Lipinski definition) is 1. The van der Waals surface area contributed by atoms with Crippen LogP contribution in [0.5, 0.6) is 0 Å². The van der Waals surface area contributed by atoms with Gasteiger partial charge in [-0.15, -0.1) is 0 Å². The Hall–Kier alpha value is -0.940. The molecule has 1 aliphatic rings. The largest absolute Gasteiger partial charge is 0.381 e. The zero-order valence-electron chi connectivity index (χ0n) is 11.3. The van der Waals surface area contributed by atoms with Gasteiger partial charge in [0.1, 0.15) is 0 Å². The van der Waals surface area contributed by atoms with E-state index in [0.717, 1.165) is 0 Å². The van der Waals surface area contributed by atoms with Crippen LogP contribution in [0.1, 0.15) is 44.3 Å². The summed E-state index contributed by atoms with van der Waals surface area (Å²) in [4.78, 5) is 4.37. The molecule has 1 aromatic rings. The van der Waals surface area contributed by atoms with Gasteiger partial charge in [0.25, 0.3) is 0 Å². The van der Waals surface area contributed by atoms with E-state index in [9.17, 15) is 0 Å². The van der Waals surface area contributed by atoms with Gasteiger partial charge in [-0.25, -0.2) is 0 Å². The van der Waals surface area contributed by atoms with E-state index in [-0.39, 0.29) is 12.1 Å². The van der Waals surface area contributed by atoms with Gasteiger partial charge >= 0.3 is 0 Å². The van der Waals surface area contributed by atoms with Gasteiger partial charge in [-0.2, -0.15) is 4.98 Å². The van der Waals surface area contributed by atoms with Crippen molar-refractivity contribution in [3.05, 3.63) is 11.7 Å². The van der Waals surface area contributed by atoms with E-state index in [1.165, 1.54) is 25.7 Å². The van der Waals surface area contributed by atoms with Gasteiger partial charge in [-0.1, -0.05) is 18.0 Å². The lowest BCUT2D eigenvalue weighted by atomic mass is 9.96. The molecule has 2 rings (SSSR count). The Balaban J connectivity index is 1.85. The molecule has 0 amide bonds. The molecule has 2 unspecified atom stereocenters. The normalized spacial score (nSPS) is 20.2. The third-order valence-corrected chi connectivity index (χ3v) is 3.80. The number of aromatic nitrogens is 2. The van der Waals surface area contributed by atoms with Gasteiger partial charge in [0.2, 0.25) is 5.89 Å². The number of ether oxygens (including phenoxy) is 1. The van der Waals surface area contributed by atoms with Crippen molar-refractivity contribution in [2.45, 2.75) is 57.6 Å². The first-order valence-electron chi connectivity index (χ1n) is 6.79. The summed E-state index contributed by atoms with van der Waals surface area (Å²) in [5.74, 6) is 1.99. The van der Waals surface area contributed by atoms with Crippen molar-refractivity contribution in [3.8, 4) is 0 Å². The SMILES string of the molecule is COC(C)Cc1noc(CC(N)C2CCCC2)n1. The highest BCUT2D eigenvalue weighted by Crippen LogP contribution is 2.27. The molecule has 0 spiro atoms. The average Bonchev–Trinajstić information content (AvgIpc) is 3.00. The smallest absolute Gasteiger partial charge is 0.228 e. The average molecular weight is 253 g/mol. The zero-order valence-corrected chi connectivity index (χ0v) is 11.3. The first-order chi connectivity index (χ1) is 8.69. The minimum absolute atomic E-state index is 0.110. The molecule has 1 fully saturated rings. The highest BCUT2D eigenvalue weighted by Gasteiger charge is 2.24. The first-order valence-corrected chi connectivity index (χ1v) is 6.79. The maximum atomic E-state index is 6.20. The minimum Gasteiger partial charge on any atom is -0.381 e. The minimum atomic E-state index is 0.110. The number of hydrogen-bond acceptors (Lipinski definition) is 5. The van der Waals surface area contributed by atoms with Gasteiger partial charge in [-0.3, -0.25) is 0 Å². The Morgan fingerprint density at radius 1 is 1.39 bits per heavy atom. The topological polar surface area (TPSA) is 74.2 Å². The molecule has 1 saturated carbocycles. The second-order valence-corrected chi connectivity index (χ2v) is 5.27. The van der Waals surface area contributed by atoms with Gasteiger partial charge in [0, 0.05) is 26.0 Å². The van der Waals surface area contributed by atoms with E-state index < -0.39 is 0 Å². The number of methoxy groups -OCH3 is 1. The third-order valence-electron chi connectivity index (χ3n) is 3.80. The molecule has 0 aromatic carbocycles. The molecule has 18 heavy (non-hydrogen) atoms. The van der Waals surface area contributed by atoms with Crippen LogP contribution >= 0.6 is 0 Å².